The first kappa shape index (κ1) is 17.7. The minimum atomic E-state index is -0.196. The van der Waals surface area contributed by atoms with Gasteiger partial charge in [-0.25, -0.2) is 4.68 Å². The van der Waals surface area contributed by atoms with Gasteiger partial charge in [0.25, 0.3) is 5.91 Å². The van der Waals surface area contributed by atoms with Crippen LogP contribution in [0.2, 0.25) is 0 Å². The Morgan fingerprint density at radius 2 is 1.92 bits per heavy atom. The Balaban J connectivity index is 2.05. The van der Waals surface area contributed by atoms with Crippen molar-refractivity contribution in [2.24, 2.45) is 0 Å². The number of hydrogen-bond donors (Lipinski definition) is 1. The lowest BCUT2D eigenvalue weighted by molar-refractivity contribution is 0.0932. The molecule has 2 rings (SSSR count). The van der Waals surface area contributed by atoms with Crippen LogP contribution >= 0.6 is 0 Å². The van der Waals surface area contributed by atoms with E-state index in [1.807, 2.05) is 19.9 Å². The summed E-state index contributed by atoms with van der Waals surface area (Å²) in [6.07, 6.45) is 2.55. The second kappa shape index (κ2) is 8.24. The number of hydrogen-bond acceptors (Lipinski definition) is 5. The van der Waals surface area contributed by atoms with Crippen LogP contribution in [0.5, 0.6) is 17.2 Å². The molecule has 1 aromatic carbocycles. The highest BCUT2D eigenvalue weighted by molar-refractivity contribution is 5.92. The zero-order valence-electron chi connectivity index (χ0n) is 14.4. The van der Waals surface area contributed by atoms with Crippen LogP contribution in [0.25, 0.3) is 0 Å². The molecular weight excluding hydrogens is 310 g/mol. The van der Waals surface area contributed by atoms with E-state index in [1.54, 1.807) is 38.6 Å². The quantitative estimate of drug-likeness (QED) is 0.803. The molecule has 1 N–H and O–H groups in total. The van der Waals surface area contributed by atoms with Crippen molar-refractivity contribution in [3.05, 3.63) is 36.2 Å². The van der Waals surface area contributed by atoms with Crippen molar-refractivity contribution in [1.29, 1.82) is 0 Å². The number of aromatic nitrogens is 2. The number of rotatable bonds is 8. The molecule has 2 aromatic rings. The summed E-state index contributed by atoms with van der Waals surface area (Å²) in [6.45, 7) is 4.09. The Morgan fingerprint density at radius 3 is 2.50 bits per heavy atom. The Labute approximate surface area is 141 Å². The number of ether oxygens (including phenoxy) is 3. The molecule has 1 aromatic heterocycles. The summed E-state index contributed by atoms with van der Waals surface area (Å²) in [5.74, 6) is 1.43. The van der Waals surface area contributed by atoms with Crippen LogP contribution in [0.3, 0.4) is 0 Å². The fourth-order valence-corrected chi connectivity index (χ4v) is 2.04. The first-order valence-corrected chi connectivity index (χ1v) is 7.77. The highest BCUT2D eigenvalue weighted by Crippen LogP contribution is 2.36. The molecule has 0 saturated heterocycles. The van der Waals surface area contributed by atoms with E-state index in [0.29, 0.717) is 22.9 Å². The minimum Gasteiger partial charge on any atom is -0.493 e. The topological polar surface area (TPSA) is 74.6 Å². The number of benzene rings is 1. The second-order valence-electron chi connectivity index (χ2n) is 5.29. The Hall–Kier alpha value is -2.70. The number of amides is 1. The van der Waals surface area contributed by atoms with Crippen molar-refractivity contribution < 1.29 is 19.0 Å². The highest BCUT2D eigenvalue weighted by Gasteiger charge is 2.14. The van der Waals surface area contributed by atoms with Crippen LogP contribution in [0.1, 0.15) is 30.8 Å². The van der Waals surface area contributed by atoms with Gasteiger partial charge in [-0.1, -0.05) is 13.0 Å². The molecule has 0 spiro atoms. The molecule has 0 fully saturated rings. The minimum absolute atomic E-state index is 0.108. The largest absolute Gasteiger partial charge is 0.493 e. The third kappa shape index (κ3) is 4.18. The summed E-state index contributed by atoms with van der Waals surface area (Å²) in [6, 6.07) is 7.14. The summed E-state index contributed by atoms with van der Waals surface area (Å²) in [5, 5.41) is 7.10. The van der Waals surface area contributed by atoms with Gasteiger partial charge in [-0.3, -0.25) is 4.79 Å². The second-order valence-corrected chi connectivity index (χ2v) is 5.29. The molecule has 1 atom stereocenters. The van der Waals surface area contributed by atoms with Gasteiger partial charge in [0.15, 0.2) is 18.2 Å². The van der Waals surface area contributed by atoms with Crippen molar-refractivity contribution >= 4 is 5.91 Å². The summed E-state index contributed by atoms with van der Waals surface area (Å²) >= 11 is 0. The molecule has 1 unspecified atom stereocenters. The SMILES string of the molecule is CCC(C)NC(=O)c1ccn(COc2c(OC)cccc2OC)n1. The standard InChI is InChI=1S/C17H23N3O4/c1-5-12(2)18-17(21)13-9-10-20(19-13)11-24-16-14(22-3)7-6-8-15(16)23-4/h6-10,12H,5,11H2,1-4H3,(H,18,21). The smallest absolute Gasteiger partial charge is 0.271 e. The lowest BCUT2D eigenvalue weighted by Gasteiger charge is -2.14. The van der Waals surface area contributed by atoms with E-state index in [4.69, 9.17) is 14.2 Å². The molecule has 0 aliphatic rings. The number of nitrogens with zero attached hydrogens (tertiary/aromatic N) is 2. The first-order valence-electron chi connectivity index (χ1n) is 7.77. The molecule has 1 heterocycles. The average Bonchev–Trinajstić information content (AvgIpc) is 3.08. The molecule has 130 valence electrons. The van der Waals surface area contributed by atoms with Crippen LogP contribution in [0, 0.1) is 0 Å². The number of carbonyl (C=O) groups excluding carboxylic acids is 1. The fourth-order valence-electron chi connectivity index (χ4n) is 2.04. The normalized spacial score (nSPS) is 11.7. The third-order valence-corrected chi connectivity index (χ3v) is 3.59. The molecule has 0 radical (unpaired) electrons. The van der Waals surface area contributed by atoms with Crippen LogP contribution < -0.4 is 19.5 Å². The molecule has 7 nitrogen and oxygen atoms in total. The lowest BCUT2D eigenvalue weighted by Crippen LogP contribution is -2.32. The van der Waals surface area contributed by atoms with Gasteiger partial charge in [-0.15, -0.1) is 0 Å². The number of para-hydroxylation sites is 1. The molecule has 0 saturated carbocycles. The van der Waals surface area contributed by atoms with Crippen LogP contribution in [0.4, 0.5) is 0 Å². The predicted molar refractivity (Wildman–Crippen MR) is 89.6 cm³/mol. The summed E-state index contributed by atoms with van der Waals surface area (Å²) in [4.78, 5) is 12.0. The molecule has 24 heavy (non-hydrogen) atoms. The fraction of sp³-hybridized carbons (Fsp3) is 0.412. The number of methoxy groups -OCH3 is 2. The molecule has 0 aliphatic heterocycles. The van der Waals surface area contributed by atoms with E-state index in [-0.39, 0.29) is 18.7 Å². The van der Waals surface area contributed by atoms with Crippen LogP contribution in [-0.2, 0) is 6.73 Å². The van der Waals surface area contributed by atoms with E-state index < -0.39 is 0 Å². The van der Waals surface area contributed by atoms with Crippen molar-refractivity contribution in [2.45, 2.75) is 33.0 Å². The lowest BCUT2D eigenvalue weighted by atomic mass is 10.2. The maximum absolute atomic E-state index is 12.0. The number of carbonyl (C=O) groups is 1. The Morgan fingerprint density at radius 1 is 1.25 bits per heavy atom. The first-order chi connectivity index (χ1) is 11.6. The van der Waals surface area contributed by atoms with E-state index in [9.17, 15) is 4.79 Å². The van der Waals surface area contributed by atoms with Gasteiger partial charge < -0.3 is 19.5 Å². The van der Waals surface area contributed by atoms with E-state index >= 15 is 0 Å². The summed E-state index contributed by atoms with van der Waals surface area (Å²) < 4.78 is 17.8. The third-order valence-electron chi connectivity index (χ3n) is 3.59. The summed E-state index contributed by atoms with van der Waals surface area (Å²) in [7, 11) is 3.12. The molecule has 1 amide bonds. The van der Waals surface area contributed by atoms with E-state index in [1.165, 1.54) is 4.68 Å². The molecule has 0 aliphatic carbocycles. The Bertz CT molecular complexity index is 662. The van der Waals surface area contributed by atoms with Crippen molar-refractivity contribution in [3.63, 3.8) is 0 Å². The van der Waals surface area contributed by atoms with Crippen molar-refractivity contribution in [3.8, 4) is 17.2 Å². The van der Waals surface area contributed by atoms with Gasteiger partial charge in [0.1, 0.15) is 5.69 Å². The van der Waals surface area contributed by atoms with Crippen molar-refractivity contribution in [2.75, 3.05) is 14.2 Å². The highest BCUT2D eigenvalue weighted by atomic mass is 16.5. The van der Waals surface area contributed by atoms with Gasteiger partial charge in [-0.2, -0.15) is 5.10 Å². The van der Waals surface area contributed by atoms with E-state index in [0.717, 1.165) is 6.42 Å². The van der Waals surface area contributed by atoms with Crippen LogP contribution in [-0.4, -0.2) is 35.9 Å². The average molecular weight is 333 g/mol. The summed E-state index contributed by atoms with van der Waals surface area (Å²) in [5.41, 5.74) is 0.353. The monoisotopic (exact) mass is 333 g/mol. The molecular formula is C17H23N3O4. The van der Waals surface area contributed by atoms with E-state index in [2.05, 4.69) is 10.4 Å². The van der Waals surface area contributed by atoms with Gasteiger partial charge in [0, 0.05) is 12.2 Å². The van der Waals surface area contributed by atoms with Crippen LogP contribution in [0.15, 0.2) is 30.5 Å². The maximum atomic E-state index is 12.0. The van der Waals surface area contributed by atoms with Gasteiger partial charge in [0.2, 0.25) is 5.75 Å². The zero-order valence-corrected chi connectivity index (χ0v) is 14.4. The number of nitrogens with one attached hydrogen (secondary N) is 1. The van der Waals surface area contributed by atoms with Gasteiger partial charge in [0.05, 0.1) is 14.2 Å². The maximum Gasteiger partial charge on any atom is 0.271 e. The molecule has 7 heteroatoms. The molecule has 0 bridgehead atoms. The van der Waals surface area contributed by atoms with Gasteiger partial charge in [-0.05, 0) is 31.5 Å². The predicted octanol–water partition coefficient (Wildman–Crippen LogP) is 2.47. The van der Waals surface area contributed by atoms with Crippen molar-refractivity contribution in [1.82, 2.24) is 15.1 Å². The zero-order chi connectivity index (χ0) is 17.5. The van der Waals surface area contributed by atoms with Gasteiger partial charge >= 0.3 is 0 Å². The Kier molecular flexibility index (Phi) is 6.06.